The number of hydrogen-bond donors (Lipinski definition) is 2. The monoisotopic (exact) mass is 417 g/mol. The Morgan fingerprint density at radius 3 is 1.64 bits per heavy atom. The van der Waals surface area contributed by atoms with Crippen LogP contribution < -0.4 is 5.14 Å². The SMILES string of the molecule is NS(=O)c1ccc2cc(F)ccc2c1-c1c(S(=O)O)ccc2cc(F)ccc12. The minimum atomic E-state index is -2.38. The Kier molecular flexibility index (Phi) is 4.80. The van der Waals surface area contributed by atoms with Crippen LogP contribution in [0.4, 0.5) is 8.78 Å². The first-order valence-electron chi connectivity index (χ1n) is 8.09. The Hall–Kier alpha value is -2.52. The quantitative estimate of drug-likeness (QED) is 0.482. The van der Waals surface area contributed by atoms with Crippen molar-refractivity contribution in [1.29, 1.82) is 0 Å². The highest BCUT2D eigenvalue weighted by Crippen LogP contribution is 2.41. The van der Waals surface area contributed by atoms with Crippen LogP contribution in [0.1, 0.15) is 0 Å². The molecule has 0 aliphatic heterocycles. The van der Waals surface area contributed by atoms with Gasteiger partial charge in [0, 0.05) is 11.1 Å². The fraction of sp³-hybridized carbons (Fsp3) is 0. The summed E-state index contributed by atoms with van der Waals surface area (Å²) in [4.78, 5) is 0.283. The van der Waals surface area contributed by atoms with Crippen molar-refractivity contribution < 1.29 is 21.8 Å². The van der Waals surface area contributed by atoms with Crippen LogP contribution in [-0.4, -0.2) is 13.0 Å². The highest BCUT2D eigenvalue weighted by Gasteiger charge is 2.21. The smallest absolute Gasteiger partial charge is 0.187 e. The highest BCUT2D eigenvalue weighted by molar-refractivity contribution is 7.83. The Balaban J connectivity index is 2.25. The van der Waals surface area contributed by atoms with Gasteiger partial charge in [-0.1, -0.05) is 24.3 Å². The van der Waals surface area contributed by atoms with E-state index < -0.39 is 33.7 Å². The molecule has 0 bridgehead atoms. The molecule has 0 spiro atoms. The molecular formula is C20H13F2NO3S2. The van der Waals surface area contributed by atoms with Crippen molar-refractivity contribution in [3.63, 3.8) is 0 Å². The number of rotatable bonds is 3. The summed E-state index contributed by atoms with van der Waals surface area (Å²) in [6.07, 6.45) is 0. The lowest BCUT2D eigenvalue weighted by molar-refractivity contribution is 0.565. The molecule has 2 unspecified atom stereocenters. The molecule has 0 aromatic heterocycles. The summed E-state index contributed by atoms with van der Waals surface area (Å²) < 4.78 is 61.6. The van der Waals surface area contributed by atoms with Crippen LogP contribution in [-0.2, 0) is 22.1 Å². The zero-order valence-electron chi connectivity index (χ0n) is 14.2. The van der Waals surface area contributed by atoms with E-state index in [1.165, 1.54) is 54.6 Å². The predicted octanol–water partition coefficient (Wildman–Crippen LogP) is 4.50. The molecule has 0 saturated carbocycles. The van der Waals surface area contributed by atoms with Crippen molar-refractivity contribution >= 4 is 43.6 Å². The van der Waals surface area contributed by atoms with Crippen LogP contribution in [0.5, 0.6) is 0 Å². The zero-order chi connectivity index (χ0) is 20.0. The average molecular weight is 417 g/mol. The van der Waals surface area contributed by atoms with Crippen molar-refractivity contribution in [3.05, 3.63) is 72.3 Å². The zero-order valence-corrected chi connectivity index (χ0v) is 15.8. The van der Waals surface area contributed by atoms with Gasteiger partial charge >= 0.3 is 0 Å². The molecule has 28 heavy (non-hydrogen) atoms. The van der Waals surface area contributed by atoms with Crippen molar-refractivity contribution in [3.8, 4) is 11.1 Å². The summed E-state index contributed by atoms with van der Waals surface area (Å²) in [5, 5.41) is 7.68. The topological polar surface area (TPSA) is 80.4 Å². The number of benzene rings is 4. The van der Waals surface area contributed by atoms with Crippen molar-refractivity contribution in [2.75, 3.05) is 0 Å². The molecule has 0 amide bonds. The molecule has 4 aromatic carbocycles. The lowest BCUT2D eigenvalue weighted by Crippen LogP contribution is -2.06. The van der Waals surface area contributed by atoms with E-state index in [2.05, 4.69) is 0 Å². The maximum Gasteiger partial charge on any atom is 0.187 e. The minimum absolute atomic E-state index is 0.0580. The number of nitrogens with two attached hydrogens (primary N) is 1. The fourth-order valence-electron chi connectivity index (χ4n) is 3.39. The van der Waals surface area contributed by atoms with Gasteiger partial charge in [-0.2, -0.15) is 0 Å². The Labute approximate surface area is 163 Å². The summed E-state index contributed by atoms with van der Waals surface area (Å²) >= 11 is -2.38. The molecule has 0 saturated heterocycles. The van der Waals surface area contributed by atoms with Gasteiger partial charge in [-0.3, -0.25) is 0 Å². The molecule has 0 fully saturated rings. The largest absolute Gasteiger partial charge is 0.302 e. The lowest BCUT2D eigenvalue weighted by atomic mass is 9.93. The van der Waals surface area contributed by atoms with E-state index in [0.29, 0.717) is 32.7 Å². The fourth-order valence-corrected chi connectivity index (χ4v) is 4.58. The Morgan fingerprint density at radius 1 is 0.714 bits per heavy atom. The molecule has 0 heterocycles. The second-order valence-corrected chi connectivity index (χ2v) is 8.13. The first-order chi connectivity index (χ1) is 13.4. The maximum absolute atomic E-state index is 13.7. The highest BCUT2D eigenvalue weighted by atomic mass is 32.2. The van der Waals surface area contributed by atoms with E-state index in [1.807, 2.05) is 0 Å². The van der Waals surface area contributed by atoms with Gasteiger partial charge in [0.05, 0.1) is 9.79 Å². The van der Waals surface area contributed by atoms with Crippen LogP contribution in [0, 0.1) is 11.6 Å². The predicted molar refractivity (Wildman–Crippen MR) is 106 cm³/mol. The van der Waals surface area contributed by atoms with Gasteiger partial charge in [0.1, 0.15) is 22.6 Å². The molecule has 142 valence electrons. The molecule has 0 radical (unpaired) electrons. The van der Waals surface area contributed by atoms with Gasteiger partial charge in [0.25, 0.3) is 0 Å². The van der Waals surface area contributed by atoms with Gasteiger partial charge in [-0.15, -0.1) is 0 Å². The van der Waals surface area contributed by atoms with E-state index in [4.69, 9.17) is 5.14 Å². The number of halogens is 2. The summed E-state index contributed by atoms with van der Waals surface area (Å²) in [6, 6.07) is 14.1. The first kappa shape index (κ1) is 18.8. The summed E-state index contributed by atoms with van der Waals surface area (Å²) in [5.41, 5.74) is 0.664. The molecule has 2 atom stereocenters. The minimum Gasteiger partial charge on any atom is -0.302 e. The van der Waals surface area contributed by atoms with Gasteiger partial charge in [0.2, 0.25) is 0 Å². The molecule has 8 heteroatoms. The van der Waals surface area contributed by atoms with E-state index >= 15 is 0 Å². The molecule has 4 nitrogen and oxygen atoms in total. The number of hydrogen-bond acceptors (Lipinski definition) is 2. The van der Waals surface area contributed by atoms with Gasteiger partial charge in [-0.05, 0) is 57.9 Å². The molecule has 0 aliphatic rings. The van der Waals surface area contributed by atoms with E-state index in [0.717, 1.165) is 0 Å². The van der Waals surface area contributed by atoms with Crippen LogP contribution >= 0.6 is 0 Å². The Morgan fingerprint density at radius 2 is 1.18 bits per heavy atom. The standard InChI is InChI=1S/C20H13F2NO3S2/c21-13-3-5-15-11(9-13)1-7-17(27(23)24)19(15)20-16-6-4-14(22)10-12(16)2-8-18(20)28(25)26/h1-10H,23H2,(H,25,26). The van der Waals surface area contributed by atoms with Crippen LogP contribution in [0.25, 0.3) is 32.7 Å². The Bertz CT molecular complexity index is 1210. The van der Waals surface area contributed by atoms with E-state index in [-0.39, 0.29) is 9.79 Å². The normalized spacial score (nSPS) is 13.7. The molecular weight excluding hydrogens is 404 g/mol. The average Bonchev–Trinajstić information content (AvgIpc) is 2.65. The molecule has 4 rings (SSSR count). The second kappa shape index (κ2) is 7.14. The van der Waals surface area contributed by atoms with Crippen LogP contribution in [0.3, 0.4) is 0 Å². The second-order valence-electron chi connectivity index (χ2n) is 6.15. The van der Waals surface area contributed by atoms with Crippen LogP contribution in [0.15, 0.2) is 70.5 Å². The third-order valence-electron chi connectivity index (χ3n) is 4.54. The third-order valence-corrected chi connectivity index (χ3v) is 6.03. The van der Waals surface area contributed by atoms with Crippen molar-refractivity contribution in [2.24, 2.45) is 5.14 Å². The van der Waals surface area contributed by atoms with Crippen molar-refractivity contribution in [2.45, 2.75) is 9.79 Å². The number of fused-ring (bicyclic) bond motifs is 2. The first-order valence-corrected chi connectivity index (χ1v) is 10.4. The van der Waals surface area contributed by atoms with Crippen molar-refractivity contribution in [1.82, 2.24) is 0 Å². The maximum atomic E-state index is 13.7. The summed E-state index contributed by atoms with van der Waals surface area (Å²) in [5.74, 6) is -0.912. The van der Waals surface area contributed by atoms with Gasteiger partial charge in [0.15, 0.2) is 11.1 Å². The molecule has 3 N–H and O–H groups in total. The van der Waals surface area contributed by atoms with Gasteiger partial charge in [-0.25, -0.2) is 22.3 Å². The van der Waals surface area contributed by atoms with E-state index in [9.17, 15) is 21.8 Å². The lowest BCUT2D eigenvalue weighted by Gasteiger charge is -2.17. The molecule has 4 aromatic rings. The summed E-state index contributed by atoms with van der Waals surface area (Å²) in [6.45, 7) is 0. The third kappa shape index (κ3) is 3.14. The van der Waals surface area contributed by atoms with Crippen LogP contribution in [0.2, 0.25) is 0 Å². The summed E-state index contributed by atoms with van der Waals surface area (Å²) in [7, 11) is -1.92. The van der Waals surface area contributed by atoms with Gasteiger partial charge < -0.3 is 4.55 Å². The molecule has 0 aliphatic carbocycles. The van der Waals surface area contributed by atoms with E-state index in [1.54, 1.807) is 6.07 Å².